The number of rotatable bonds is 5. The molecule has 0 aliphatic rings. The molecule has 1 heteroatoms. The van der Waals surface area contributed by atoms with Gasteiger partial charge in [0.25, 0.3) is 0 Å². The molecule has 0 spiro atoms. The Bertz CT molecular complexity index is 497. The second-order valence-corrected chi connectivity index (χ2v) is 4.63. The molecule has 0 unspecified atom stereocenters. The molecule has 0 radical (unpaired) electrons. The average molecular weight is 238 g/mol. The molecule has 0 saturated carbocycles. The molecule has 0 N–H and O–H groups in total. The zero-order chi connectivity index (χ0) is 12.8. The number of carbonyl (C=O) groups excluding carboxylic acids is 1. The Hall–Kier alpha value is -1.89. The number of aryl methyl sites for hydroxylation is 2. The summed E-state index contributed by atoms with van der Waals surface area (Å²) in [6.45, 7) is 2.03. The Balaban J connectivity index is 1.84. The van der Waals surface area contributed by atoms with Gasteiger partial charge in [-0.3, -0.25) is 4.79 Å². The van der Waals surface area contributed by atoms with E-state index in [4.69, 9.17) is 0 Å². The summed E-state index contributed by atoms with van der Waals surface area (Å²) < 4.78 is 0. The van der Waals surface area contributed by atoms with Crippen molar-refractivity contribution in [2.45, 2.75) is 26.2 Å². The first kappa shape index (κ1) is 12.6. The Morgan fingerprint density at radius 1 is 0.944 bits per heavy atom. The van der Waals surface area contributed by atoms with Crippen LogP contribution in [-0.2, 0) is 6.42 Å². The fourth-order valence-corrected chi connectivity index (χ4v) is 1.98. The van der Waals surface area contributed by atoms with Crippen molar-refractivity contribution >= 4 is 5.78 Å². The van der Waals surface area contributed by atoms with Gasteiger partial charge in [-0.2, -0.15) is 0 Å². The Kier molecular flexibility index (Phi) is 4.30. The highest BCUT2D eigenvalue weighted by molar-refractivity contribution is 5.96. The predicted molar refractivity (Wildman–Crippen MR) is 74.9 cm³/mol. The van der Waals surface area contributed by atoms with E-state index in [1.165, 1.54) is 11.1 Å². The number of hydrogen-bond donors (Lipinski definition) is 0. The van der Waals surface area contributed by atoms with Gasteiger partial charge in [-0.15, -0.1) is 0 Å². The number of carbonyl (C=O) groups is 1. The van der Waals surface area contributed by atoms with Crippen LogP contribution in [0, 0.1) is 6.92 Å². The molecule has 0 amide bonds. The first-order valence-electron chi connectivity index (χ1n) is 6.39. The van der Waals surface area contributed by atoms with E-state index in [1.807, 2.05) is 49.4 Å². The topological polar surface area (TPSA) is 17.1 Å². The molecule has 1 nitrogen and oxygen atoms in total. The van der Waals surface area contributed by atoms with E-state index in [0.29, 0.717) is 6.42 Å². The SMILES string of the molecule is Cc1ccc(C(=O)CCCc2ccccc2)cc1. The highest BCUT2D eigenvalue weighted by Gasteiger charge is 2.05. The van der Waals surface area contributed by atoms with Crippen LogP contribution in [0.5, 0.6) is 0 Å². The van der Waals surface area contributed by atoms with Crippen molar-refractivity contribution in [2.24, 2.45) is 0 Å². The van der Waals surface area contributed by atoms with Crippen LogP contribution in [0.1, 0.15) is 34.3 Å². The van der Waals surface area contributed by atoms with Crippen molar-refractivity contribution in [3.8, 4) is 0 Å². The van der Waals surface area contributed by atoms with Crippen LogP contribution in [0.4, 0.5) is 0 Å². The molecule has 92 valence electrons. The molecule has 2 rings (SSSR count). The van der Waals surface area contributed by atoms with E-state index in [1.54, 1.807) is 0 Å². The summed E-state index contributed by atoms with van der Waals surface area (Å²) in [5.41, 5.74) is 3.32. The van der Waals surface area contributed by atoms with Gasteiger partial charge >= 0.3 is 0 Å². The summed E-state index contributed by atoms with van der Waals surface area (Å²) in [6, 6.07) is 18.1. The fourth-order valence-electron chi connectivity index (χ4n) is 1.98. The van der Waals surface area contributed by atoms with Crippen LogP contribution in [-0.4, -0.2) is 5.78 Å². The highest BCUT2D eigenvalue weighted by Crippen LogP contribution is 2.10. The molecule has 0 heterocycles. The minimum Gasteiger partial charge on any atom is -0.294 e. The van der Waals surface area contributed by atoms with Crippen LogP contribution < -0.4 is 0 Å². The average Bonchev–Trinajstić information content (AvgIpc) is 2.40. The second kappa shape index (κ2) is 6.15. The normalized spacial score (nSPS) is 10.3. The standard InChI is InChI=1S/C17H18O/c1-14-10-12-16(13-11-14)17(18)9-5-8-15-6-3-2-4-7-15/h2-4,6-7,10-13H,5,8-9H2,1H3. The lowest BCUT2D eigenvalue weighted by molar-refractivity contribution is 0.0980. The Morgan fingerprint density at radius 2 is 1.61 bits per heavy atom. The van der Waals surface area contributed by atoms with Gasteiger partial charge in [-0.05, 0) is 25.3 Å². The zero-order valence-corrected chi connectivity index (χ0v) is 10.7. The van der Waals surface area contributed by atoms with E-state index < -0.39 is 0 Å². The van der Waals surface area contributed by atoms with Crippen molar-refractivity contribution < 1.29 is 4.79 Å². The van der Waals surface area contributed by atoms with Gasteiger partial charge in [0.2, 0.25) is 0 Å². The molecule has 0 aliphatic heterocycles. The summed E-state index contributed by atoms with van der Waals surface area (Å²) in [6.07, 6.45) is 2.51. The molecular weight excluding hydrogens is 220 g/mol. The molecule has 0 aromatic heterocycles. The smallest absolute Gasteiger partial charge is 0.162 e. The molecule has 0 aliphatic carbocycles. The maximum absolute atomic E-state index is 11.9. The lowest BCUT2D eigenvalue weighted by Gasteiger charge is -2.02. The Labute approximate surface area is 108 Å². The van der Waals surface area contributed by atoms with Crippen molar-refractivity contribution in [3.05, 3.63) is 71.3 Å². The fraction of sp³-hybridized carbons (Fsp3) is 0.235. The highest BCUT2D eigenvalue weighted by atomic mass is 16.1. The van der Waals surface area contributed by atoms with Crippen LogP contribution >= 0.6 is 0 Å². The van der Waals surface area contributed by atoms with Crippen LogP contribution in [0.15, 0.2) is 54.6 Å². The number of hydrogen-bond acceptors (Lipinski definition) is 1. The van der Waals surface area contributed by atoms with Crippen molar-refractivity contribution in [1.29, 1.82) is 0 Å². The van der Waals surface area contributed by atoms with E-state index in [-0.39, 0.29) is 5.78 Å². The predicted octanol–water partition coefficient (Wildman–Crippen LogP) is 4.20. The van der Waals surface area contributed by atoms with Gasteiger partial charge in [0.1, 0.15) is 0 Å². The van der Waals surface area contributed by atoms with Crippen LogP contribution in [0.2, 0.25) is 0 Å². The van der Waals surface area contributed by atoms with Gasteiger partial charge in [-0.25, -0.2) is 0 Å². The summed E-state index contributed by atoms with van der Waals surface area (Å²) in [5, 5.41) is 0. The van der Waals surface area contributed by atoms with Crippen molar-refractivity contribution in [1.82, 2.24) is 0 Å². The number of Topliss-reactive ketones (excluding diaryl/α,β-unsaturated/α-hetero) is 1. The zero-order valence-electron chi connectivity index (χ0n) is 10.7. The van der Waals surface area contributed by atoms with E-state index >= 15 is 0 Å². The molecular formula is C17H18O. The maximum Gasteiger partial charge on any atom is 0.162 e. The largest absolute Gasteiger partial charge is 0.294 e. The lowest BCUT2D eigenvalue weighted by Crippen LogP contribution is -1.99. The summed E-state index contributed by atoms with van der Waals surface area (Å²) in [4.78, 5) is 11.9. The Morgan fingerprint density at radius 3 is 2.28 bits per heavy atom. The summed E-state index contributed by atoms with van der Waals surface area (Å²) in [5.74, 6) is 0.242. The van der Waals surface area contributed by atoms with Gasteiger partial charge < -0.3 is 0 Å². The third-order valence-corrected chi connectivity index (χ3v) is 3.09. The van der Waals surface area contributed by atoms with Gasteiger partial charge in [0.15, 0.2) is 5.78 Å². The van der Waals surface area contributed by atoms with Crippen LogP contribution in [0.25, 0.3) is 0 Å². The lowest BCUT2D eigenvalue weighted by atomic mass is 10.0. The minimum absolute atomic E-state index is 0.242. The molecule has 18 heavy (non-hydrogen) atoms. The van der Waals surface area contributed by atoms with Crippen LogP contribution in [0.3, 0.4) is 0 Å². The molecule has 0 bridgehead atoms. The maximum atomic E-state index is 11.9. The molecule has 0 saturated heterocycles. The monoisotopic (exact) mass is 238 g/mol. The van der Waals surface area contributed by atoms with E-state index in [0.717, 1.165) is 18.4 Å². The second-order valence-electron chi connectivity index (χ2n) is 4.63. The van der Waals surface area contributed by atoms with Gasteiger partial charge in [0, 0.05) is 12.0 Å². The van der Waals surface area contributed by atoms with Gasteiger partial charge in [-0.1, -0.05) is 60.2 Å². The van der Waals surface area contributed by atoms with E-state index in [2.05, 4.69) is 12.1 Å². The third-order valence-electron chi connectivity index (χ3n) is 3.09. The quantitative estimate of drug-likeness (QED) is 0.713. The van der Waals surface area contributed by atoms with Crippen molar-refractivity contribution in [3.63, 3.8) is 0 Å². The molecule has 0 atom stereocenters. The van der Waals surface area contributed by atoms with E-state index in [9.17, 15) is 4.79 Å². The first-order valence-corrected chi connectivity index (χ1v) is 6.39. The molecule has 0 fully saturated rings. The number of ketones is 1. The summed E-state index contributed by atoms with van der Waals surface area (Å²) in [7, 11) is 0. The molecule has 2 aromatic rings. The summed E-state index contributed by atoms with van der Waals surface area (Å²) >= 11 is 0. The van der Waals surface area contributed by atoms with Crippen molar-refractivity contribution in [2.75, 3.05) is 0 Å². The van der Waals surface area contributed by atoms with Gasteiger partial charge in [0.05, 0.1) is 0 Å². The first-order chi connectivity index (χ1) is 8.75. The third kappa shape index (κ3) is 3.56. The minimum atomic E-state index is 0.242. The molecule has 2 aromatic carbocycles. The number of benzene rings is 2.